The largest absolute Gasteiger partial charge is 0.207 e. The SMILES string of the molecule is Fc1ccc(F)c(-c2ccccc2Cl)c1. The average molecular weight is 225 g/mol. The van der Waals surface area contributed by atoms with Gasteiger partial charge in [0, 0.05) is 16.1 Å². The fourth-order valence-corrected chi connectivity index (χ4v) is 1.62. The summed E-state index contributed by atoms with van der Waals surface area (Å²) in [6, 6.07) is 10.1. The number of halogens is 3. The van der Waals surface area contributed by atoms with E-state index in [-0.39, 0.29) is 5.56 Å². The average Bonchev–Trinajstić information content (AvgIpc) is 2.23. The molecular weight excluding hydrogens is 218 g/mol. The summed E-state index contributed by atoms with van der Waals surface area (Å²) >= 11 is 5.89. The van der Waals surface area contributed by atoms with Crippen LogP contribution in [-0.4, -0.2) is 0 Å². The van der Waals surface area contributed by atoms with Crippen LogP contribution >= 0.6 is 11.6 Å². The van der Waals surface area contributed by atoms with Crippen molar-refractivity contribution in [3.8, 4) is 11.1 Å². The van der Waals surface area contributed by atoms with Gasteiger partial charge in [0.1, 0.15) is 11.6 Å². The first-order valence-electron chi connectivity index (χ1n) is 4.38. The molecule has 3 heteroatoms. The highest BCUT2D eigenvalue weighted by Crippen LogP contribution is 2.29. The van der Waals surface area contributed by atoms with E-state index >= 15 is 0 Å². The van der Waals surface area contributed by atoms with E-state index in [9.17, 15) is 8.78 Å². The molecular formula is C12H7ClF2. The van der Waals surface area contributed by atoms with Crippen molar-refractivity contribution in [2.24, 2.45) is 0 Å². The van der Waals surface area contributed by atoms with Crippen LogP contribution in [0.5, 0.6) is 0 Å². The Balaban J connectivity index is 2.64. The predicted molar refractivity (Wildman–Crippen MR) is 56.8 cm³/mol. The third-order valence-electron chi connectivity index (χ3n) is 2.09. The molecule has 15 heavy (non-hydrogen) atoms. The summed E-state index contributed by atoms with van der Waals surface area (Å²) in [6.07, 6.45) is 0. The van der Waals surface area contributed by atoms with Gasteiger partial charge in [0.2, 0.25) is 0 Å². The van der Waals surface area contributed by atoms with Crippen molar-refractivity contribution in [2.75, 3.05) is 0 Å². The highest BCUT2D eigenvalue weighted by molar-refractivity contribution is 6.33. The topological polar surface area (TPSA) is 0 Å². The number of hydrogen-bond donors (Lipinski definition) is 0. The van der Waals surface area contributed by atoms with E-state index in [2.05, 4.69) is 0 Å². The van der Waals surface area contributed by atoms with Crippen LogP contribution in [0, 0.1) is 11.6 Å². The van der Waals surface area contributed by atoms with E-state index in [4.69, 9.17) is 11.6 Å². The van der Waals surface area contributed by atoms with Gasteiger partial charge < -0.3 is 0 Å². The van der Waals surface area contributed by atoms with Gasteiger partial charge in [-0.2, -0.15) is 0 Å². The Labute approximate surface area is 91.1 Å². The molecule has 0 atom stereocenters. The first-order valence-corrected chi connectivity index (χ1v) is 4.76. The second-order valence-electron chi connectivity index (χ2n) is 3.10. The zero-order valence-corrected chi connectivity index (χ0v) is 8.43. The van der Waals surface area contributed by atoms with Crippen molar-refractivity contribution in [3.63, 3.8) is 0 Å². The standard InChI is InChI=1S/C12H7ClF2/c13-11-4-2-1-3-9(11)10-7-8(14)5-6-12(10)15/h1-7H. The van der Waals surface area contributed by atoms with Gasteiger partial charge in [-0.3, -0.25) is 0 Å². The van der Waals surface area contributed by atoms with Crippen LogP contribution in [0.3, 0.4) is 0 Å². The molecule has 0 radical (unpaired) electrons. The summed E-state index contributed by atoms with van der Waals surface area (Å²) in [5.74, 6) is -0.962. The molecule has 0 aliphatic heterocycles. The van der Waals surface area contributed by atoms with Crippen LogP contribution < -0.4 is 0 Å². The minimum atomic E-state index is -0.482. The monoisotopic (exact) mass is 224 g/mol. The molecule has 0 saturated heterocycles. The van der Waals surface area contributed by atoms with Crippen LogP contribution in [0.1, 0.15) is 0 Å². The molecule has 2 rings (SSSR count). The van der Waals surface area contributed by atoms with Crippen molar-refractivity contribution in [3.05, 3.63) is 59.1 Å². The van der Waals surface area contributed by atoms with Crippen molar-refractivity contribution in [2.45, 2.75) is 0 Å². The van der Waals surface area contributed by atoms with Gasteiger partial charge in [0.15, 0.2) is 0 Å². The Hall–Kier alpha value is -1.41. The quantitative estimate of drug-likeness (QED) is 0.678. The predicted octanol–water partition coefficient (Wildman–Crippen LogP) is 4.29. The Bertz CT molecular complexity index is 495. The molecule has 0 unspecified atom stereocenters. The van der Waals surface area contributed by atoms with Crippen LogP contribution in [0.25, 0.3) is 11.1 Å². The van der Waals surface area contributed by atoms with Gasteiger partial charge in [-0.05, 0) is 24.3 Å². The maximum Gasteiger partial charge on any atom is 0.131 e. The zero-order chi connectivity index (χ0) is 10.8. The number of hydrogen-bond acceptors (Lipinski definition) is 0. The molecule has 0 aromatic heterocycles. The lowest BCUT2D eigenvalue weighted by Crippen LogP contribution is -1.86. The second kappa shape index (κ2) is 3.99. The molecule has 0 nitrogen and oxygen atoms in total. The van der Waals surface area contributed by atoms with E-state index < -0.39 is 11.6 Å². The molecule has 2 aromatic carbocycles. The number of benzene rings is 2. The summed E-state index contributed by atoms with van der Waals surface area (Å²) in [5, 5.41) is 0.405. The van der Waals surface area contributed by atoms with E-state index in [0.29, 0.717) is 10.6 Å². The molecule has 0 amide bonds. The first kappa shape index (κ1) is 10.1. The fourth-order valence-electron chi connectivity index (χ4n) is 1.38. The van der Waals surface area contributed by atoms with E-state index in [1.54, 1.807) is 24.3 Å². The normalized spacial score (nSPS) is 10.3. The smallest absolute Gasteiger partial charge is 0.131 e. The molecule has 0 aliphatic rings. The number of rotatable bonds is 1. The lowest BCUT2D eigenvalue weighted by Gasteiger charge is -2.05. The van der Waals surface area contributed by atoms with Gasteiger partial charge in [0.05, 0.1) is 0 Å². The zero-order valence-electron chi connectivity index (χ0n) is 7.68. The fraction of sp³-hybridized carbons (Fsp3) is 0. The lowest BCUT2D eigenvalue weighted by atomic mass is 10.1. The van der Waals surface area contributed by atoms with Crippen molar-refractivity contribution >= 4 is 11.6 Å². The highest BCUT2D eigenvalue weighted by atomic mass is 35.5. The Morgan fingerprint density at radius 1 is 0.867 bits per heavy atom. The first-order chi connectivity index (χ1) is 7.18. The van der Waals surface area contributed by atoms with Gasteiger partial charge in [-0.15, -0.1) is 0 Å². The van der Waals surface area contributed by atoms with Gasteiger partial charge in [-0.25, -0.2) is 8.78 Å². The molecule has 0 spiro atoms. The minimum absolute atomic E-state index is 0.181. The molecule has 0 saturated carbocycles. The molecule has 0 heterocycles. The van der Waals surface area contributed by atoms with Crippen LogP contribution in [-0.2, 0) is 0 Å². The van der Waals surface area contributed by atoms with Crippen molar-refractivity contribution < 1.29 is 8.78 Å². The van der Waals surface area contributed by atoms with Crippen LogP contribution in [0.4, 0.5) is 8.78 Å². The maximum absolute atomic E-state index is 13.4. The lowest BCUT2D eigenvalue weighted by molar-refractivity contribution is 0.603. The molecule has 76 valence electrons. The van der Waals surface area contributed by atoms with E-state index in [1.165, 1.54) is 0 Å². The molecule has 0 bridgehead atoms. The molecule has 2 aromatic rings. The van der Waals surface area contributed by atoms with Gasteiger partial charge >= 0.3 is 0 Å². The molecule has 0 fully saturated rings. The van der Waals surface area contributed by atoms with E-state index in [0.717, 1.165) is 18.2 Å². The summed E-state index contributed by atoms with van der Waals surface area (Å²) in [6.45, 7) is 0. The maximum atomic E-state index is 13.4. The van der Waals surface area contributed by atoms with Crippen LogP contribution in [0.15, 0.2) is 42.5 Å². The Kier molecular flexibility index (Phi) is 2.69. The second-order valence-corrected chi connectivity index (χ2v) is 3.51. The summed E-state index contributed by atoms with van der Waals surface area (Å²) in [7, 11) is 0. The Morgan fingerprint density at radius 2 is 1.60 bits per heavy atom. The Morgan fingerprint density at radius 3 is 2.33 bits per heavy atom. The van der Waals surface area contributed by atoms with Gasteiger partial charge in [0.25, 0.3) is 0 Å². The molecule has 0 aliphatic carbocycles. The van der Waals surface area contributed by atoms with Crippen molar-refractivity contribution in [1.82, 2.24) is 0 Å². The summed E-state index contributed by atoms with van der Waals surface area (Å²) < 4.78 is 26.4. The third-order valence-corrected chi connectivity index (χ3v) is 2.42. The highest BCUT2D eigenvalue weighted by Gasteiger charge is 2.08. The van der Waals surface area contributed by atoms with Crippen LogP contribution in [0.2, 0.25) is 5.02 Å². The van der Waals surface area contributed by atoms with E-state index in [1.807, 2.05) is 0 Å². The summed E-state index contributed by atoms with van der Waals surface area (Å²) in [4.78, 5) is 0. The van der Waals surface area contributed by atoms with Gasteiger partial charge in [-0.1, -0.05) is 29.8 Å². The molecule has 0 N–H and O–H groups in total. The minimum Gasteiger partial charge on any atom is -0.207 e. The third kappa shape index (κ3) is 2.00. The summed E-state index contributed by atoms with van der Waals surface area (Å²) in [5.41, 5.74) is 0.678. The van der Waals surface area contributed by atoms with Crippen molar-refractivity contribution in [1.29, 1.82) is 0 Å².